The molecule has 0 saturated carbocycles. The Kier molecular flexibility index (Phi) is 5.32. The Hall–Kier alpha value is -1.88. The number of hydroxylamine groups is 2. The Labute approximate surface area is 106 Å². The number of carbonyl (C=O) groups excluding carboxylic acids is 2. The molecule has 0 fully saturated rings. The van der Waals surface area contributed by atoms with Crippen LogP contribution in [0.1, 0.15) is 31.1 Å². The highest BCUT2D eigenvalue weighted by Crippen LogP contribution is 2.19. The van der Waals surface area contributed by atoms with Crippen molar-refractivity contribution in [3.63, 3.8) is 0 Å². The molecule has 5 heteroatoms. The predicted octanol–water partition coefficient (Wildman–Crippen LogP) is 2.03. The van der Waals surface area contributed by atoms with E-state index in [1.165, 1.54) is 12.0 Å². The molecule has 1 rings (SSSR count). The minimum absolute atomic E-state index is 0.210. The molecule has 0 saturated heterocycles. The van der Waals surface area contributed by atoms with Gasteiger partial charge in [-0.1, -0.05) is 12.1 Å². The monoisotopic (exact) mass is 251 g/mol. The Morgan fingerprint density at radius 3 is 2.33 bits per heavy atom. The summed E-state index contributed by atoms with van der Waals surface area (Å²) in [7, 11) is 0. The van der Waals surface area contributed by atoms with Crippen molar-refractivity contribution in [1.82, 2.24) is 5.06 Å². The van der Waals surface area contributed by atoms with Crippen molar-refractivity contribution in [2.45, 2.75) is 20.8 Å². The Bertz CT molecular complexity index is 427. The van der Waals surface area contributed by atoms with E-state index >= 15 is 0 Å². The average Bonchev–Trinajstić information content (AvgIpc) is 2.35. The predicted molar refractivity (Wildman–Crippen MR) is 66.1 cm³/mol. The summed E-state index contributed by atoms with van der Waals surface area (Å²) in [4.78, 5) is 28.0. The van der Waals surface area contributed by atoms with E-state index in [9.17, 15) is 9.59 Å². The fourth-order valence-corrected chi connectivity index (χ4v) is 1.40. The van der Waals surface area contributed by atoms with Gasteiger partial charge < -0.3 is 9.57 Å². The third-order valence-corrected chi connectivity index (χ3v) is 2.28. The van der Waals surface area contributed by atoms with Gasteiger partial charge in [0.15, 0.2) is 0 Å². The van der Waals surface area contributed by atoms with E-state index in [4.69, 9.17) is 9.57 Å². The summed E-state index contributed by atoms with van der Waals surface area (Å²) in [6.07, 6.45) is 0. The van der Waals surface area contributed by atoms with Crippen molar-refractivity contribution in [1.29, 1.82) is 0 Å². The van der Waals surface area contributed by atoms with E-state index in [-0.39, 0.29) is 11.3 Å². The van der Waals surface area contributed by atoms with Crippen LogP contribution in [0.25, 0.3) is 0 Å². The summed E-state index contributed by atoms with van der Waals surface area (Å²) in [5.41, 5.74) is 0.236. The van der Waals surface area contributed by atoms with Crippen LogP contribution >= 0.6 is 0 Å². The molecule has 0 aromatic heterocycles. The quantitative estimate of drug-likeness (QED) is 0.455. The van der Waals surface area contributed by atoms with E-state index in [1.807, 2.05) is 13.8 Å². The molecule has 98 valence electrons. The van der Waals surface area contributed by atoms with Crippen molar-refractivity contribution in [3.8, 4) is 5.75 Å². The molecule has 5 nitrogen and oxygen atoms in total. The normalized spacial score (nSPS) is 10.2. The van der Waals surface area contributed by atoms with Gasteiger partial charge in [-0.3, -0.25) is 4.79 Å². The van der Waals surface area contributed by atoms with E-state index in [0.29, 0.717) is 13.1 Å². The lowest BCUT2D eigenvalue weighted by molar-refractivity contribution is -0.131. The van der Waals surface area contributed by atoms with Crippen LogP contribution in [0.4, 0.5) is 0 Å². The third-order valence-electron chi connectivity index (χ3n) is 2.28. The number of esters is 1. The van der Waals surface area contributed by atoms with E-state index in [0.717, 1.165) is 0 Å². The fourth-order valence-electron chi connectivity index (χ4n) is 1.40. The Morgan fingerprint density at radius 2 is 1.78 bits per heavy atom. The Balaban J connectivity index is 2.87. The van der Waals surface area contributed by atoms with Gasteiger partial charge in [0.05, 0.1) is 0 Å². The fraction of sp³-hybridized carbons (Fsp3) is 0.385. The van der Waals surface area contributed by atoms with Gasteiger partial charge in [0.1, 0.15) is 11.3 Å². The van der Waals surface area contributed by atoms with Crippen molar-refractivity contribution >= 4 is 11.9 Å². The van der Waals surface area contributed by atoms with Crippen LogP contribution in [-0.4, -0.2) is 30.1 Å². The number of nitrogens with zero attached hydrogens (tertiary/aromatic N) is 1. The number of rotatable bonds is 5. The van der Waals surface area contributed by atoms with Crippen LogP contribution in [0.5, 0.6) is 5.75 Å². The van der Waals surface area contributed by atoms with Crippen molar-refractivity contribution in [3.05, 3.63) is 29.8 Å². The molecule has 0 N–H and O–H groups in total. The maximum absolute atomic E-state index is 11.9. The van der Waals surface area contributed by atoms with Crippen LogP contribution in [0.15, 0.2) is 24.3 Å². The molecule has 0 bridgehead atoms. The number of carbonyl (C=O) groups is 2. The molecule has 0 heterocycles. The molecular weight excluding hydrogens is 234 g/mol. The number of para-hydroxylation sites is 1. The van der Waals surface area contributed by atoms with Gasteiger partial charge in [-0.25, -0.2) is 4.79 Å². The summed E-state index contributed by atoms with van der Waals surface area (Å²) in [6.45, 7) is 6.24. The molecule has 0 aliphatic rings. The van der Waals surface area contributed by atoms with Crippen LogP contribution < -0.4 is 4.74 Å². The standard InChI is InChI=1S/C13H17NO4/c1-4-14(5-2)18-13(16)11-8-6-7-9-12(11)17-10(3)15/h6-9H,4-5H2,1-3H3. The molecule has 0 spiro atoms. The molecule has 18 heavy (non-hydrogen) atoms. The summed E-state index contributed by atoms with van der Waals surface area (Å²) in [6, 6.07) is 6.49. The maximum Gasteiger partial charge on any atom is 0.360 e. The van der Waals surface area contributed by atoms with E-state index in [2.05, 4.69) is 0 Å². The highest BCUT2D eigenvalue weighted by atomic mass is 16.7. The molecule has 0 amide bonds. The molecular formula is C13H17NO4. The first-order chi connectivity index (χ1) is 8.58. The van der Waals surface area contributed by atoms with Crippen LogP contribution in [0.2, 0.25) is 0 Å². The Morgan fingerprint density at radius 1 is 1.17 bits per heavy atom. The zero-order valence-corrected chi connectivity index (χ0v) is 10.8. The maximum atomic E-state index is 11.9. The van der Waals surface area contributed by atoms with Gasteiger partial charge in [0.2, 0.25) is 0 Å². The van der Waals surface area contributed by atoms with Crippen molar-refractivity contribution < 1.29 is 19.2 Å². The summed E-state index contributed by atoms with van der Waals surface area (Å²) in [5, 5.41) is 1.52. The number of ether oxygens (including phenoxy) is 1. The lowest BCUT2D eigenvalue weighted by Gasteiger charge is -2.17. The lowest BCUT2D eigenvalue weighted by atomic mass is 10.2. The van der Waals surface area contributed by atoms with Gasteiger partial charge in [-0.15, -0.1) is 5.06 Å². The topological polar surface area (TPSA) is 55.8 Å². The highest BCUT2D eigenvalue weighted by molar-refractivity contribution is 5.93. The molecule has 0 radical (unpaired) electrons. The second kappa shape index (κ2) is 6.76. The van der Waals surface area contributed by atoms with E-state index in [1.54, 1.807) is 24.3 Å². The number of hydrogen-bond acceptors (Lipinski definition) is 5. The van der Waals surface area contributed by atoms with Crippen LogP contribution in [0, 0.1) is 0 Å². The molecule has 1 aromatic carbocycles. The van der Waals surface area contributed by atoms with Gasteiger partial charge in [0, 0.05) is 20.0 Å². The summed E-state index contributed by atoms with van der Waals surface area (Å²) < 4.78 is 4.96. The zero-order chi connectivity index (χ0) is 13.5. The first-order valence-electron chi connectivity index (χ1n) is 5.83. The minimum atomic E-state index is -0.532. The zero-order valence-electron chi connectivity index (χ0n) is 10.8. The average molecular weight is 251 g/mol. The van der Waals surface area contributed by atoms with Gasteiger partial charge in [-0.05, 0) is 26.0 Å². The number of hydrogen-bond donors (Lipinski definition) is 0. The van der Waals surface area contributed by atoms with Crippen molar-refractivity contribution in [2.24, 2.45) is 0 Å². The number of benzene rings is 1. The van der Waals surface area contributed by atoms with Crippen LogP contribution in [-0.2, 0) is 9.63 Å². The molecule has 1 aromatic rings. The first kappa shape index (κ1) is 14.2. The molecule has 0 aliphatic carbocycles. The molecule has 0 unspecified atom stereocenters. The summed E-state index contributed by atoms with van der Waals surface area (Å²) >= 11 is 0. The minimum Gasteiger partial charge on any atom is -0.426 e. The lowest BCUT2D eigenvalue weighted by Crippen LogP contribution is -2.27. The molecule has 0 atom stereocenters. The van der Waals surface area contributed by atoms with Gasteiger partial charge >= 0.3 is 11.9 Å². The second-order valence-corrected chi connectivity index (χ2v) is 3.58. The van der Waals surface area contributed by atoms with Gasteiger partial charge in [-0.2, -0.15) is 0 Å². The SMILES string of the molecule is CCN(CC)OC(=O)c1ccccc1OC(C)=O. The second-order valence-electron chi connectivity index (χ2n) is 3.58. The first-order valence-corrected chi connectivity index (χ1v) is 5.83. The van der Waals surface area contributed by atoms with Gasteiger partial charge in [0.25, 0.3) is 0 Å². The van der Waals surface area contributed by atoms with Crippen LogP contribution in [0.3, 0.4) is 0 Å². The summed E-state index contributed by atoms with van der Waals surface area (Å²) in [5.74, 6) is -0.796. The molecule has 0 aliphatic heterocycles. The highest BCUT2D eigenvalue weighted by Gasteiger charge is 2.17. The smallest absolute Gasteiger partial charge is 0.360 e. The van der Waals surface area contributed by atoms with E-state index < -0.39 is 11.9 Å². The third kappa shape index (κ3) is 3.85. The van der Waals surface area contributed by atoms with Crippen molar-refractivity contribution in [2.75, 3.05) is 13.1 Å². The largest absolute Gasteiger partial charge is 0.426 e.